The molecule has 102 valence electrons. The van der Waals surface area contributed by atoms with Gasteiger partial charge in [0.15, 0.2) is 0 Å². The number of hydrogen-bond donors (Lipinski definition) is 1. The molecule has 3 rings (SSSR count). The Bertz CT molecular complexity index is 551. The van der Waals surface area contributed by atoms with Crippen molar-refractivity contribution in [2.24, 2.45) is 5.92 Å². The van der Waals surface area contributed by atoms with Crippen LogP contribution in [0.5, 0.6) is 0 Å². The maximum atomic E-state index is 4.32. The van der Waals surface area contributed by atoms with Gasteiger partial charge in [-0.25, -0.2) is 4.98 Å². The summed E-state index contributed by atoms with van der Waals surface area (Å²) in [4.78, 5) is 6.77. The highest BCUT2D eigenvalue weighted by Gasteiger charge is 2.22. The maximum Gasteiger partial charge on any atom is 0.0813 e. The van der Waals surface area contributed by atoms with Crippen LogP contribution in [0.25, 0.3) is 10.2 Å². The molecule has 1 fully saturated rings. The summed E-state index contributed by atoms with van der Waals surface area (Å²) >= 11 is 1.71. The average Bonchev–Trinajstić information content (AvgIpc) is 2.86. The molecule has 2 unspecified atom stereocenters. The molecule has 0 spiro atoms. The molecular formula is C15H21N3S. The summed E-state index contributed by atoms with van der Waals surface area (Å²) in [5.41, 5.74) is 4.23. The summed E-state index contributed by atoms with van der Waals surface area (Å²) in [6.45, 7) is 4.76. The molecule has 1 aliphatic rings. The van der Waals surface area contributed by atoms with Crippen molar-refractivity contribution in [3.63, 3.8) is 0 Å². The van der Waals surface area contributed by atoms with E-state index in [9.17, 15) is 0 Å². The smallest absolute Gasteiger partial charge is 0.0813 e. The number of piperidine rings is 1. The summed E-state index contributed by atoms with van der Waals surface area (Å²) in [7, 11) is 2.22. The Kier molecular flexibility index (Phi) is 3.71. The fourth-order valence-electron chi connectivity index (χ4n) is 2.94. The van der Waals surface area contributed by atoms with Gasteiger partial charge in [-0.05, 0) is 57.5 Å². The van der Waals surface area contributed by atoms with Crippen LogP contribution in [0.3, 0.4) is 0 Å². The molecule has 3 nitrogen and oxygen atoms in total. The van der Waals surface area contributed by atoms with Crippen molar-refractivity contribution in [2.45, 2.75) is 25.8 Å². The van der Waals surface area contributed by atoms with Crippen LogP contribution in [-0.4, -0.2) is 36.1 Å². The zero-order valence-corrected chi connectivity index (χ0v) is 12.4. The average molecular weight is 275 g/mol. The maximum absolute atomic E-state index is 4.32. The normalized spacial score (nSPS) is 22.5. The Morgan fingerprint density at radius 1 is 1.47 bits per heavy atom. The molecule has 2 heterocycles. The van der Waals surface area contributed by atoms with E-state index in [1.807, 2.05) is 5.51 Å². The zero-order valence-electron chi connectivity index (χ0n) is 11.6. The molecule has 4 heteroatoms. The number of benzene rings is 1. The molecule has 2 atom stereocenters. The highest BCUT2D eigenvalue weighted by Crippen LogP contribution is 2.25. The summed E-state index contributed by atoms with van der Waals surface area (Å²) in [6.07, 6.45) is 2.66. The van der Waals surface area contributed by atoms with Gasteiger partial charge in [-0.3, -0.25) is 0 Å². The lowest BCUT2D eigenvalue weighted by Gasteiger charge is -2.34. The first-order valence-electron chi connectivity index (χ1n) is 7.01. The van der Waals surface area contributed by atoms with Gasteiger partial charge in [-0.1, -0.05) is 0 Å². The molecule has 1 aromatic heterocycles. The Balaban J connectivity index is 1.69. The lowest BCUT2D eigenvalue weighted by molar-refractivity contribution is 0.197. The summed E-state index contributed by atoms with van der Waals surface area (Å²) in [6, 6.07) is 6.99. The molecule has 1 aromatic carbocycles. The highest BCUT2D eigenvalue weighted by molar-refractivity contribution is 7.16. The lowest BCUT2D eigenvalue weighted by atomic mass is 9.92. The van der Waals surface area contributed by atoms with Gasteiger partial charge in [-0.15, -0.1) is 11.3 Å². The molecule has 0 bridgehead atoms. The third kappa shape index (κ3) is 2.90. The van der Waals surface area contributed by atoms with Gasteiger partial charge in [0.2, 0.25) is 0 Å². The van der Waals surface area contributed by atoms with E-state index in [-0.39, 0.29) is 0 Å². The van der Waals surface area contributed by atoms with E-state index >= 15 is 0 Å². The fraction of sp³-hybridized carbons (Fsp3) is 0.533. The van der Waals surface area contributed by atoms with Crippen LogP contribution in [0.2, 0.25) is 0 Å². The van der Waals surface area contributed by atoms with Crippen molar-refractivity contribution in [3.8, 4) is 0 Å². The van der Waals surface area contributed by atoms with Gasteiger partial charge in [0.25, 0.3) is 0 Å². The van der Waals surface area contributed by atoms with E-state index in [1.165, 1.54) is 36.3 Å². The van der Waals surface area contributed by atoms with Gasteiger partial charge < -0.3 is 10.2 Å². The molecule has 2 aromatic rings. The number of thiazole rings is 1. The van der Waals surface area contributed by atoms with Gasteiger partial charge in [-0.2, -0.15) is 0 Å². The molecule has 1 N–H and O–H groups in total. The van der Waals surface area contributed by atoms with Crippen LogP contribution < -0.4 is 5.32 Å². The van der Waals surface area contributed by atoms with Crippen molar-refractivity contribution in [1.29, 1.82) is 0 Å². The Morgan fingerprint density at radius 3 is 3.21 bits per heavy atom. The zero-order chi connectivity index (χ0) is 13.2. The largest absolute Gasteiger partial charge is 0.382 e. The summed E-state index contributed by atoms with van der Waals surface area (Å²) in [5.74, 6) is 0.746. The van der Waals surface area contributed by atoms with E-state index in [2.05, 4.69) is 47.4 Å². The first-order valence-corrected chi connectivity index (χ1v) is 7.88. The number of rotatable bonds is 3. The van der Waals surface area contributed by atoms with E-state index < -0.39 is 0 Å². The van der Waals surface area contributed by atoms with Crippen LogP contribution in [-0.2, 0) is 0 Å². The van der Waals surface area contributed by atoms with Gasteiger partial charge in [0, 0.05) is 18.3 Å². The Hall–Kier alpha value is -1.13. The molecule has 0 amide bonds. The number of aromatic nitrogens is 1. The second-order valence-corrected chi connectivity index (χ2v) is 6.52. The predicted molar refractivity (Wildman–Crippen MR) is 82.9 cm³/mol. The Morgan fingerprint density at radius 2 is 2.37 bits per heavy atom. The van der Waals surface area contributed by atoms with Crippen molar-refractivity contribution in [3.05, 3.63) is 23.7 Å². The summed E-state index contributed by atoms with van der Waals surface area (Å²) in [5, 5.41) is 3.67. The first kappa shape index (κ1) is 12.9. The van der Waals surface area contributed by atoms with Crippen molar-refractivity contribution >= 4 is 27.2 Å². The summed E-state index contributed by atoms with van der Waals surface area (Å²) < 4.78 is 1.26. The van der Waals surface area contributed by atoms with E-state index in [1.54, 1.807) is 11.3 Å². The monoisotopic (exact) mass is 275 g/mol. The quantitative estimate of drug-likeness (QED) is 0.930. The second kappa shape index (κ2) is 5.47. The molecule has 1 aliphatic heterocycles. The molecule has 19 heavy (non-hydrogen) atoms. The van der Waals surface area contributed by atoms with E-state index in [0.717, 1.165) is 11.4 Å². The molecular weight excluding hydrogens is 254 g/mol. The standard InChI is InChI=1S/C15H21N3S/c1-11(12-4-3-7-18(2)9-12)17-13-5-6-14-15(8-13)19-10-16-14/h5-6,8,10-12,17H,3-4,7,9H2,1-2H3. The van der Waals surface area contributed by atoms with Crippen molar-refractivity contribution < 1.29 is 0 Å². The number of anilines is 1. The van der Waals surface area contributed by atoms with Crippen LogP contribution in [0.15, 0.2) is 23.7 Å². The van der Waals surface area contributed by atoms with Crippen LogP contribution in [0.4, 0.5) is 5.69 Å². The van der Waals surface area contributed by atoms with Crippen LogP contribution in [0.1, 0.15) is 19.8 Å². The predicted octanol–water partition coefficient (Wildman–Crippen LogP) is 3.44. The fourth-order valence-corrected chi connectivity index (χ4v) is 3.66. The minimum atomic E-state index is 0.521. The van der Waals surface area contributed by atoms with Crippen molar-refractivity contribution in [2.75, 3.05) is 25.5 Å². The molecule has 0 aliphatic carbocycles. The first-order chi connectivity index (χ1) is 9.22. The third-order valence-electron chi connectivity index (χ3n) is 4.09. The van der Waals surface area contributed by atoms with Crippen molar-refractivity contribution in [1.82, 2.24) is 9.88 Å². The topological polar surface area (TPSA) is 28.2 Å². The minimum Gasteiger partial charge on any atom is -0.382 e. The van der Waals surface area contributed by atoms with E-state index in [4.69, 9.17) is 0 Å². The van der Waals surface area contributed by atoms with Gasteiger partial charge >= 0.3 is 0 Å². The number of fused-ring (bicyclic) bond motifs is 1. The molecule has 0 radical (unpaired) electrons. The van der Waals surface area contributed by atoms with Gasteiger partial charge in [0.05, 0.1) is 15.7 Å². The van der Waals surface area contributed by atoms with Gasteiger partial charge in [0.1, 0.15) is 0 Å². The highest BCUT2D eigenvalue weighted by atomic mass is 32.1. The van der Waals surface area contributed by atoms with Crippen LogP contribution >= 0.6 is 11.3 Å². The SMILES string of the molecule is CC(Nc1ccc2ncsc2c1)C1CCCN(C)C1. The lowest BCUT2D eigenvalue weighted by Crippen LogP contribution is -2.39. The minimum absolute atomic E-state index is 0.521. The number of likely N-dealkylation sites (tertiary alicyclic amines) is 1. The third-order valence-corrected chi connectivity index (χ3v) is 4.89. The number of nitrogens with zero attached hydrogens (tertiary/aromatic N) is 2. The number of nitrogens with one attached hydrogen (secondary N) is 1. The number of hydrogen-bond acceptors (Lipinski definition) is 4. The molecule has 1 saturated heterocycles. The molecule has 0 saturated carbocycles. The Labute approximate surface area is 118 Å². The van der Waals surface area contributed by atoms with E-state index in [0.29, 0.717) is 6.04 Å². The second-order valence-electron chi connectivity index (χ2n) is 5.63. The van der Waals surface area contributed by atoms with Crippen LogP contribution in [0, 0.1) is 5.92 Å².